The Morgan fingerprint density at radius 2 is 1.63 bits per heavy atom. The Morgan fingerprint density at radius 3 is 2.16 bits per heavy atom. The summed E-state index contributed by atoms with van der Waals surface area (Å²) in [5, 5.41) is 0. The molecule has 0 aliphatic carbocycles. The van der Waals surface area contributed by atoms with E-state index in [1.165, 1.54) is 11.9 Å². The zero-order valence-corrected chi connectivity index (χ0v) is 11.6. The molecule has 0 fully saturated rings. The van der Waals surface area contributed by atoms with Crippen molar-refractivity contribution in [2.75, 3.05) is 11.9 Å². The van der Waals surface area contributed by atoms with Crippen LogP contribution >= 0.6 is 15.9 Å². The number of hydrogen-bond donors (Lipinski definition) is 0. The van der Waals surface area contributed by atoms with E-state index in [0.29, 0.717) is 5.69 Å². The van der Waals surface area contributed by atoms with Crippen LogP contribution in [-0.4, -0.2) is 13.0 Å². The summed E-state index contributed by atoms with van der Waals surface area (Å²) in [6, 6.07) is 10.8. The summed E-state index contributed by atoms with van der Waals surface area (Å²) in [6.07, 6.45) is 0. The molecule has 0 heterocycles. The Morgan fingerprint density at radius 1 is 1.11 bits per heavy atom. The van der Waals surface area contributed by atoms with Crippen molar-refractivity contribution in [1.82, 2.24) is 0 Å². The fourth-order valence-electron chi connectivity index (χ4n) is 1.68. The molecule has 98 valence electrons. The van der Waals surface area contributed by atoms with Crippen molar-refractivity contribution >= 4 is 27.5 Å². The average Bonchev–Trinajstić information content (AvgIpc) is 2.37. The van der Waals surface area contributed by atoms with Crippen molar-refractivity contribution in [3.8, 4) is 0 Å². The van der Waals surface area contributed by atoms with Gasteiger partial charge in [0.15, 0.2) is 0 Å². The van der Waals surface area contributed by atoms with E-state index in [9.17, 15) is 13.6 Å². The maximum Gasteiger partial charge on any atom is 0.263 e. The molecule has 1 amide bonds. The lowest BCUT2D eigenvalue weighted by Crippen LogP contribution is -2.28. The molecule has 0 aliphatic heterocycles. The maximum absolute atomic E-state index is 13.7. The predicted molar refractivity (Wildman–Crippen MR) is 73.2 cm³/mol. The number of nitrogens with zero attached hydrogens (tertiary/aromatic N) is 1. The molecule has 5 heteroatoms. The zero-order valence-electron chi connectivity index (χ0n) is 10.0. The highest BCUT2D eigenvalue weighted by Crippen LogP contribution is 2.22. The van der Waals surface area contributed by atoms with Gasteiger partial charge >= 0.3 is 0 Å². The van der Waals surface area contributed by atoms with Crippen LogP contribution in [0, 0.1) is 11.6 Å². The highest BCUT2D eigenvalue weighted by molar-refractivity contribution is 9.10. The molecule has 0 unspecified atom stereocenters. The number of benzene rings is 2. The Kier molecular flexibility index (Phi) is 3.95. The van der Waals surface area contributed by atoms with Crippen LogP contribution in [0.5, 0.6) is 0 Å². The summed E-state index contributed by atoms with van der Waals surface area (Å²) in [4.78, 5) is 13.3. The lowest BCUT2D eigenvalue weighted by molar-refractivity contribution is 0.0985. The van der Waals surface area contributed by atoms with E-state index in [-0.39, 0.29) is 4.47 Å². The molecule has 0 spiro atoms. The first-order chi connectivity index (χ1) is 9.00. The van der Waals surface area contributed by atoms with Crippen LogP contribution in [0.2, 0.25) is 0 Å². The largest absolute Gasteiger partial charge is 0.311 e. The molecule has 0 N–H and O–H groups in total. The molecule has 0 saturated heterocycles. The van der Waals surface area contributed by atoms with E-state index in [4.69, 9.17) is 0 Å². The van der Waals surface area contributed by atoms with Gasteiger partial charge in [0.2, 0.25) is 0 Å². The Labute approximate surface area is 117 Å². The van der Waals surface area contributed by atoms with E-state index in [2.05, 4.69) is 15.9 Å². The van der Waals surface area contributed by atoms with Crippen molar-refractivity contribution in [3.05, 3.63) is 64.1 Å². The second-order valence-electron chi connectivity index (χ2n) is 3.94. The molecule has 0 saturated carbocycles. The highest BCUT2D eigenvalue weighted by atomic mass is 79.9. The predicted octanol–water partition coefficient (Wildman–Crippen LogP) is 4.00. The van der Waals surface area contributed by atoms with Crippen molar-refractivity contribution in [3.63, 3.8) is 0 Å². The number of amides is 1. The van der Waals surface area contributed by atoms with E-state index in [1.807, 2.05) is 0 Å². The molecule has 2 aromatic rings. The van der Waals surface area contributed by atoms with Crippen LogP contribution in [0.4, 0.5) is 14.5 Å². The molecule has 2 aromatic carbocycles. The Hall–Kier alpha value is -1.75. The lowest BCUT2D eigenvalue weighted by atomic mass is 10.1. The topological polar surface area (TPSA) is 20.3 Å². The number of hydrogen-bond acceptors (Lipinski definition) is 1. The summed E-state index contributed by atoms with van der Waals surface area (Å²) in [7, 11) is 1.47. The van der Waals surface area contributed by atoms with Crippen molar-refractivity contribution < 1.29 is 13.6 Å². The van der Waals surface area contributed by atoms with Gasteiger partial charge in [-0.25, -0.2) is 8.78 Å². The first-order valence-electron chi connectivity index (χ1n) is 5.48. The Bertz CT molecular complexity index is 593. The van der Waals surface area contributed by atoms with Crippen LogP contribution < -0.4 is 4.90 Å². The standard InChI is InChI=1S/C14H10BrF2NO/c1-18(10-5-3-2-4-6-10)14(19)13-11(16)7-9(15)8-12(13)17/h2-8H,1H3. The van der Waals surface area contributed by atoms with Crippen LogP contribution in [0.3, 0.4) is 0 Å². The van der Waals surface area contributed by atoms with Crippen LogP contribution in [0.15, 0.2) is 46.9 Å². The number of anilines is 1. The van der Waals surface area contributed by atoms with Crippen LogP contribution in [0.25, 0.3) is 0 Å². The average molecular weight is 326 g/mol. The highest BCUT2D eigenvalue weighted by Gasteiger charge is 2.22. The number of carbonyl (C=O) groups is 1. The number of para-hydroxylation sites is 1. The van der Waals surface area contributed by atoms with Gasteiger partial charge in [-0.15, -0.1) is 0 Å². The molecular formula is C14H10BrF2NO. The van der Waals surface area contributed by atoms with Crippen LogP contribution in [0.1, 0.15) is 10.4 Å². The van der Waals surface area contributed by atoms with E-state index in [0.717, 1.165) is 12.1 Å². The van der Waals surface area contributed by atoms with Crippen molar-refractivity contribution in [2.24, 2.45) is 0 Å². The normalized spacial score (nSPS) is 10.3. The van der Waals surface area contributed by atoms with Gasteiger partial charge in [-0.3, -0.25) is 4.79 Å². The van der Waals surface area contributed by atoms with Gasteiger partial charge in [0.1, 0.15) is 17.2 Å². The van der Waals surface area contributed by atoms with Gasteiger partial charge < -0.3 is 4.90 Å². The minimum absolute atomic E-state index is 0.251. The third-order valence-corrected chi connectivity index (χ3v) is 3.13. The number of halogens is 3. The first-order valence-corrected chi connectivity index (χ1v) is 6.27. The van der Waals surface area contributed by atoms with E-state index >= 15 is 0 Å². The number of rotatable bonds is 2. The molecule has 0 bridgehead atoms. The minimum atomic E-state index is -0.889. The van der Waals surface area contributed by atoms with Gasteiger partial charge in [0.25, 0.3) is 5.91 Å². The molecule has 0 aromatic heterocycles. The summed E-state index contributed by atoms with van der Waals surface area (Å²) in [6.45, 7) is 0. The number of carbonyl (C=O) groups excluding carboxylic acids is 1. The molecule has 2 rings (SSSR count). The van der Waals surface area contributed by atoms with Gasteiger partial charge in [0, 0.05) is 17.2 Å². The van der Waals surface area contributed by atoms with Gasteiger partial charge in [-0.05, 0) is 24.3 Å². The maximum atomic E-state index is 13.7. The van der Waals surface area contributed by atoms with E-state index in [1.54, 1.807) is 30.3 Å². The van der Waals surface area contributed by atoms with Crippen molar-refractivity contribution in [2.45, 2.75) is 0 Å². The third-order valence-electron chi connectivity index (χ3n) is 2.67. The molecule has 19 heavy (non-hydrogen) atoms. The fraction of sp³-hybridized carbons (Fsp3) is 0.0714. The van der Waals surface area contributed by atoms with Gasteiger partial charge in [-0.1, -0.05) is 34.1 Å². The second-order valence-corrected chi connectivity index (χ2v) is 4.86. The van der Waals surface area contributed by atoms with Gasteiger partial charge in [-0.2, -0.15) is 0 Å². The summed E-state index contributed by atoms with van der Waals surface area (Å²) >= 11 is 2.97. The van der Waals surface area contributed by atoms with Crippen molar-refractivity contribution in [1.29, 1.82) is 0 Å². The second kappa shape index (κ2) is 5.48. The third kappa shape index (κ3) is 2.81. The van der Waals surface area contributed by atoms with Gasteiger partial charge in [0.05, 0.1) is 0 Å². The summed E-state index contributed by atoms with van der Waals surface area (Å²) < 4.78 is 27.7. The first kappa shape index (κ1) is 13.7. The SMILES string of the molecule is CN(C(=O)c1c(F)cc(Br)cc1F)c1ccccc1. The Balaban J connectivity index is 2.40. The minimum Gasteiger partial charge on any atom is -0.311 e. The molecule has 0 aliphatic rings. The molecular weight excluding hydrogens is 316 g/mol. The van der Waals surface area contributed by atoms with E-state index < -0.39 is 23.1 Å². The molecule has 0 radical (unpaired) electrons. The summed E-state index contributed by atoms with van der Waals surface area (Å²) in [5.74, 6) is -2.51. The monoisotopic (exact) mass is 325 g/mol. The fourth-order valence-corrected chi connectivity index (χ4v) is 2.09. The lowest BCUT2D eigenvalue weighted by Gasteiger charge is -2.18. The molecule has 2 nitrogen and oxygen atoms in total. The summed E-state index contributed by atoms with van der Waals surface area (Å²) in [5.41, 5.74) is 0.00349. The quantitative estimate of drug-likeness (QED) is 0.817. The molecule has 0 atom stereocenters. The zero-order chi connectivity index (χ0) is 14.0. The smallest absolute Gasteiger partial charge is 0.263 e. The van der Waals surface area contributed by atoms with Crippen LogP contribution in [-0.2, 0) is 0 Å².